The quantitative estimate of drug-likeness (QED) is 0.666. The maximum absolute atomic E-state index is 13.0. The fraction of sp³-hybridized carbons (Fsp3) is 0.421. The second-order valence-corrected chi connectivity index (χ2v) is 7.34. The van der Waals surface area contributed by atoms with Crippen molar-refractivity contribution in [3.05, 3.63) is 51.8 Å². The molecule has 0 aliphatic heterocycles. The van der Waals surface area contributed by atoms with Gasteiger partial charge in [0, 0.05) is 6.54 Å². The molecule has 2 aromatic heterocycles. The van der Waals surface area contributed by atoms with E-state index in [0.717, 1.165) is 24.8 Å². The average molecular weight is 382 g/mol. The summed E-state index contributed by atoms with van der Waals surface area (Å²) in [5, 5.41) is 10.8. The van der Waals surface area contributed by atoms with E-state index in [1.165, 1.54) is 17.5 Å². The first-order valence-electron chi connectivity index (χ1n) is 9.29. The highest BCUT2D eigenvalue weighted by atomic mass is 16.5. The molecule has 0 saturated heterocycles. The molecular formula is C19H22N6O3. The average Bonchev–Trinajstić information content (AvgIpc) is 3.22. The van der Waals surface area contributed by atoms with Crippen LogP contribution in [0.2, 0.25) is 0 Å². The summed E-state index contributed by atoms with van der Waals surface area (Å²) in [5.41, 5.74) is 3.03. The number of aryl methyl sites for hydroxylation is 2. The van der Waals surface area contributed by atoms with E-state index in [1.54, 1.807) is 4.68 Å². The Morgan fingerprint density at radius 3 is 2.64 bits per heavy atom. The summed E-state index contributed by atoms with van der Waals surface area (Å²) in [4.78, 5) is 30.5. The van der Waals surface area contributed by atoms with Crippen molar-refractivity contribution in [3.63, 3.8) is 0 Å². The predicted molar refractivity (Wildman–Crippen MR) is 101 cm³/mol. The SMILES string of the molecule is Cc1cc(C)cc(C2(C(=O)NCCn3cnc(-c4noc(=O)[nH]4)n3)CCC2)c1. The Labute approximate surface area is 161 Å². The molecule has 0 bridgehead atoms. The summed E-state index contributed by atoms with van der Waals surface area (Å²) < 4.78 is 6.04. The van der Waals surface area contributed by atoms with Crippen LogP contribution in [0.1, 0.15) is 36.0 Å². The number of hydrogen-bond donors (Lipinski definition) is 2. The predicted octanol–water partition coefficient (Wildman–Crippen LogP) is 1.48. The minimum Gasteiger partial charge on any atom is -0.353 e. The third-order valence-electron chi connectivity index (χ3n) is 5.23. The van der Waals surface area contributed by atoms with Crippen LogP contribution in [0.5, 0.6) is 0 Å². The number of hydrogen-bond acceptors (Lipinski definition) is 6. The molecule has 3 aromatic rings. The molecule has 1 amide bonds. The summed E-state index contributed by atoms with van der Waals surface area (Å²) in [7, 11) is 0. The molecule has 9 nitrogen and oxygen atoms in total. The molecule has 0 unspecified atom stereocenters. The Balaban J connectivity index is 1.40. The van der Waals surface area contributed by atoms with E-state index in [0.29, 0.717) is 13.1 Å². The second kappa shape index (κ2) is 7.06. The van der Waals surface area contributed by atoms with Gasteiger partial charge in [-0.3, -0.25) is 19.0 Å². The molecule has 1 fully saturated rings. The fourth-order valence-corrected chi connectivity index (χ4v) is 3.72. The van der Waals surface area contributed by atoms with E-state index < -0.39 is 11.2 Å². The molecule has 0 spiro atoms. The van der Waals surface area contributed by atoms with E-state index in [1.807, 2.05) is 0 Å². The number of nitrogens with one attached hydrogen (secondary N) is 2. The number of benzene rings is 1. The van der Waals surface area contributed by atoms with E-state index in [2.05, 4.69) is 62.1 Å². The largest absolute Gasteiger partial charge is 0.439 e. The summed E-state index contributed by atoms with van der Waals surface area (Å²) >= 11 is 0. The van der Waals surface area contributed by atoms with Gasteiger partial charge in [0.1, 0.15) is 6.33 Å². The summed E-state index contributed by atoms with van der Waals surface area (Å²) in [6.07, 6.45) is 4.32. The Hall–Kier alpha value is -3.23. The number of rotatable bonds is 6. The zero-order chi connectivity index (χ0) is 19.7. The summed E-state index contributed by atoms with van der Waals surface area (Å²) in [6, 6.07) is 6.36. The number of aromatic amines is 1. The third-order valence-corrected chi connectivity index (χ3v) is 5.23. The molecule has 1 aromatic carbocycles. The van der Waals surface area contributed by atoms with Gasteiger partial charge in [0.2, 0.25) is 17.6 Å². The molecule has 1 saturated carbocycles. The number of H-pyrrole nitrogens is 1. The van der Waals surface area contributed by atoms with E-state index >= 15 is 0 Å². The monoisotopic (exact) mass is 382 g/mol. The van der Waals surface area contributed by atoms with Gasteiger partial charge in [-0.2, -0.15) is 0 Å². The van der Waals surface area contributed by atoms with Crippen molar-refractivity contribution in [3.8, 4) is 11.6 Å². The van der Waals surface area contributed by atoms with Crippen LogP contribution >= 0.6 is 0 Å². The molecule has 9 heteroatoms. The minimum atomic E-state index is -0.657. The number of amides is 1. The van der Waals surface area contributed by atoms with Crippen molar-refractivity contribution in [2.24, 2.45) is 0 Å². The lowest BCUT2D eigenvalue weighted by atomic mass is 9.63. The Bertz CT molecular complexity index is 1040. The lowest BCUT2D eigenvalue weighted by Crippen LogP contribution is -2.49. The zero-order valence-corrected chi connectivity index (χ0v) is 15.9. The Kier molecular flexibility index (Phi) is 4.58. The van der Waals surface area contributed by atoms with Gasteiger partial charge in [0.25, 0.3) is 0 Å². The van der Waals surface area contributed by atoms with Crippen LogP contribution in [-0.2, 0) is 16.8 Å². The second-order valence-electron chi connectivity index (χ2n) is 7.34. The van der Waals surface area contributed by atoms with Gasteiger partial charge < -0.3 is 5.32 Å². The fourth-order valence-electron chi connectivity index (χ4n) is 3.72. The van der Waals surface area contributed by atoms with Crippen molar-refractivity contribution in [2.75, 3.05) is 6.54 Å². The van der Waals surface area contributed by atoms with E-state index in [-0.39, 0.29) is 17.6 Å². The topological polar surface area (TPSA) is 119 Å². The van der Waals surface area contributed by atoms with E-state index in [4.69, 9.17) is 0 Å². The molecule has 0 atom stereocenters. The summed E-state index contributed by atoms with van der Waals surface area (Å²) in [5.74, 6) is -0.153. The lowest BCUT2D eigenvalue weighted by Gasteiger charge is -2.41. The van der Waals surface area contributed by atoms with Crippen LogP contribution in [-0.4, -0.2) is 37.4 Å². The molecule has 4 rings (SSSR count). The molecule has 1 aliphatic rings. The molecule has 2 heterocycles. The number of carbonyl (C=O) groups is 1. The maximum Gasteiger partial charge on any atom is 0.439 e. The van der Waals surface area contributed by atoms with Crippen molar-refractivity contribution in [1.82, 2.24) is 30.2 Å². The van der Waals surface area contributed by atoms with Gasteiger partial charge >= 0.3 is 5.76 Å². The molecule has 146 valence electrons. The van der Waals surface area contributed by atoms with Gasteiger partial charge in [0.05, 0.1) is 12.0 Å². The standard InChI is InChI=1S/C19H22N6O3/c1-12-8-13(2)10-14(9-12)19(4-3-5-19)17(26)20-6-7-25-11-21-15(23-25)16-22-18(27)28-24-16/h8-11H,3-7H2,1-2H3,(H,20,26)(H,22,24,27). The van der Waals surface area contributed by atoms with Crippen molar-refractivity contribution in [2.45, 2.75) is 45.1 Å². The highest BCUT2D eigenvalue weighted by molar-refractivity contribution is 5.89. The van der Waals surface area contributed by atoms with Crippen LogP contribution < -0.4 is 11.1 Å². The number of aromatic nitrogens is 5. The van der Waals surface area contributed by atoms with Crippen LogP contribution in [0.3, 0.4) is 0 Å². The van der Waals surface area contributed by atoms with Gasteiger partial charge in [0.15, 0.2) is 0 Å². The number of carbonyl (C=O) groups excluding carboxylic acids is 1. The maximum atomic E-state index is 13.0. The minimum absolute atomic E-state index is 0.0601. The Morgan fingerprint density at radius 1 is 1.29 bits per heavy atom. The van der Waals surface area contributed by atoms with Crippen molar-refractivity contribution >= 4 is 5.91 Å². The highest BCUT2D eigenvalue weighted by Crippen LogP contribution is 2.44. The Morgan fingerprint density at radius 2 is 2.04 bits per heavy atom. The van der Waals surface area contributed by atoms with Gasteiger partial charge in [-0.1, -0.05) is 40.9 Å². The normalized spacial score (nSPS) is 15.2. The third kappa shape index (κ3) is 3.35. The van der Waals surface area contributed by atoms with E-state index in [9.17, 15) is 9.59 Å². The highest BCUT2D eigenvalue weighted by Gasteiger charge is 2.45. The van der Waals surface area contributed by atoms with Gasteiger partial charge in [-0.25, -0.2) is 9.78 Å². The lowest BCUT2D eigenvalue weighted by molar-refractivity contribution is -0.129. The molecule has 1 aliphatic carbocycles. The summed E-state index contributed by atoms with van der Waals surface area (Å²) in [6.45, 7) is 5.02. The molecule has 2 N–H and O–H groups in total. The van der Waals surface area contributed by atoms with Crippen LogP contribution in [0.15, 0.2) is 33.8 Å². The van der Waals surface area contributed by atoms with Crippen molar-refractivity contribution < 1.29 is 9.32 Å². The number of nitrogens with zero attached hydrogens (tertiary/aromatic N) is 4. The van der Waals surface area contributed by atoms with Crippen LogP contribution in [0.25, 0.3) is 11.6 Å². The smallest absolute Gasteiger partial charge is 0.353 e. The molecule has 28 heavy (non-hydrogen) atoms. The molecule has 0 radical (unpaired) electrons. The first kappa shape index (κ1) is 18.1. The van der Waals surface area contributed by atoms with Gasteiger partial charge in [-0.15, -0.1) is 5.10 Å². The van der Waals surface area contributed by atoms with Crippen molar-refractivity contribution in [1.29, 1.82) is 0 Å². The first-order chi connectivity index (χ1) is 13.5. The van der Waals surface area contributed by atoms with Crippen LogP contribution in [0, 0.1) is 13.8 Å². The van der Waals surface area contributed by atoms with Gasteiger partial charge in [-0.05, 0) is 32.3 Å². The molecular weight excluding hydrogens is 360 g/mol. The first-order valence-corrected chi connectivity index (χ1v) is 9.29. The van der Waals surface area contributed by atoms with Crippen LogP contribution in [0.4, 0.5) is 0 Å². The zero-order valence-electron chi connectivity index (χ0n) is 15.9.